The molecule has 0 aliphatic carbocycles. The molecule has 0 N–H and O–H groups in total. The monoisotopic (exact) mass is 352 g/mol. The van der Waals surface area contributed by atoms with Crippen molar-refractivity contribution in [2.75, 3.05) is 13.2 Å². The Balaban J connectivity index is 2.45. The first kappa shape index (κ1) is 19.0. The molecule has 2 aromatic rings. The first-order valence-electron chi connectivity index (χ1n) is 8.35. The Morgan fingerprint density at radius 3 is 2.50 bits per heavy atom. The van der Waals surface area contributed by atoms with Gasteiger partial charge in [0, 0.05) is 17.7 Å². The van der Waals surface area contributed by atoms with Crippen LogP contribution in [0, 0.1) is 21.4 Å². The molecule has 0 amide bonds. The van der Waals surface area contributed by atoms with Crippen molar-refractivity contribution in [1.82, 2.24) is 0 Å². The Morgan fingerprint density at radius 2 is 1.92 bits per heavy atom. The third-order valence-electron chi connectivity index (χ3n) is 3.57. The molecule has 0 unspecified atom stereocenters. The van der Waals surface area contributed by atoms with Crippen LogP contribution in [-0.4, -0.2) is 18.1 Å². The van der Waals surface area contributed by atoms with Crippen LogP contribution in [0.15, 0.2) is 42.5 Å². The quantitative estimate of drug-likeness (QED) is 0.293. The van der Waals surface area contributed by atoms with Crippen LogP contribution in [0.2, 0.25) is 0 Å². The zero-order valence-corrected chi connectivity index (χ0v) is 14.8. The van der Waals surface area contributed by atoms with Gasteiger partial charge in [0.1, 0.15) is 0 Å². The van der Waals surface area contributed by atoms with Crippen LogP contribution in [0.5, 0.6) is 11.5 Å². The summed E-state index contributed by atoms with van der Waals surface area (Å²) >= 11 is 0. The highest BCUT2D eigenvalue weighted by molar-refractivity contribution is 5.91. The van der Waals surface area contributed by atoms with Crippen molar-refractivity contribution < 1.29 is 14.4 Å². The Morgan fingerprint density at radius 1 is 1.19 bits per heavy atom. The van der Waals surface area contributed by atoms with Crippen molar-refractivity contribution in [3.05, 3.63) is 63.7 Å². The molecule has 6 heteroatoms. The number of nitriles is 1. The van der Waals surface area contributed by atoms with Crippen LogP contribution >= 0.6 is 0 Å². The van der Waals surface area contributed by atoms with E-state index in [0.717, 1.165) is 12.0 Å². The van der Waals surface area contributed by atoms with Gasteiger partial charge in [-0.2, -0.15) is 5.26 Å². The van der Waals surface area contributed by atoms with Crippen LogP contribution in [-0.2, 0) is 0 Å². The van der Waals surface area contributed by atoms with Crippen molar-refractivity contribution in [2.45, 2.75) is 20.3 Å². The van der Waals surface area contributed by atoms with Crippen molar-refractivity contribution >= 4 is 17.3 Å². The average Bonchev–Trinajstić information content (AvgIpc) is 2.65. The van der Waals surface area contributed by atoms with E-state index < -0.39 is 4.92 Å². The molecule has 0 aromatic heterocycles. The van der Waals surface area contributed by atoms with E-state index in [2.05, 4.69) is 6.07 Å². The van der Waals surface area contributed by atoms with E-state index in [1.807, 2.05) is 32.0 Å². The molecule has 0 spiro atoms. The maximum atomic E-state index is 10.8. The van der Waals surface area contributed by atoms with E-state index in [0.29, 0.717) is 35.8 Å². The molecule has 0 aliphatic rings. The fourth-order valence-corrected chi connectivity index (χ4v) is 2.37. The average molecular weight is 352 g/mol. The Bertz CT molecular complexity index is 836. The second kappa shape index (κ2) is 9.23. The molecule has 0 saturated carbocycles. The van der Waals surface area contributed by atoms with Crippen LogP contribution in [0.1, 0.15) is 31.4 Å². The summed E-state index contributed by atoms with van der Waals surface area (Å²) < 4.78 is 11.5. The molecule has 6 nitrogen and oxygen atoms in total. The summed E-state index contributed by atoms with van der Waals surface area (Å²) in [7, 11) is 0. The number of non-ortho nitro benzene ring substituents is 1. The molecule has 2 rings (SSSR count). The van der Waals surface area contributed by atoms with Crippen molar-refractivity contribution in [1.29, 1.82) is 5.26 Å². The minimum Gasteiger partial charge on any atom is -0.490 e. The van der Waals surface area contributed by atoms with Crippen LogP contribution < -0.4 is 9.47 Å². The molecule has 0 atom stereocenters. The van der Waals surface area contributed by atoms with Gasteiger partial charge in [0.2, 0.25) is 0 Å². The zero-order chi connectivity index (χ0) is 18.9. The van der Waals surface area contributed by atoms with Crippen LogP contribution in [0.4, 0.5) is 5.69 Å². The van der Waals surface area contributed by atoms with E-state index in [-0.39, 0.29) is 5.69 Å². The SMILES string of the molecule is CCCOc1c(C=C(C#N)c2ccc([N+](=O)[O-])cc2)cccc1OCC. The number of nitrogens with zero attached hydrogens (tertiary/aromatic N) is 2. The molecule has 134 valence electrons. The predicted molar refractivity (Wildman–Crippen MR) is 100.0 cm³/mol. The number of ether oxygens (including phenoxy) is 2. The maximum absolute atomic E-state index is 10.8. The van der Waals surface area contributed by atoms with Gasteiger partial charge in [-0.15, -0.1) is 0 Å². The molecule has 0 fully saturated rings. The molecule has 0 saturated heterocycles. The number of para-hydroxylation sites is 1. The Hall–Kier alpha value is -3.33. The Kier molecular flexibility index (Phi) is 6.75. The number of hydrogen-bond acceptors (Lipinski definition) is 5. The van der Waals surface area contributed by atoms with Gasteiger partial charge in [0.15, 0.2) is 11.5 Å². The van der Waals surface area contributed by atoms with E-state index >= 15 is 0 Å². The molecular weight excluding hydrogens is 332 g/mol. The highest BCUT2D eigenvalue weighted by Crippen LogP contribution is 2.34. The number of benzene rings is 2. The lowest BCUT2D eigenvalue weighted by atomic mass is 10.0. The lowest BCUT2D eigenvalue weighted by Crippen LogP contribution is -2.01. The van der Waals surface area contributed by atoms with Crippen molar-refractivity contribution in [3.8, 4) is 17.6 Å². The predicted octanol–water partition coefficient (Wildman–Crippen LogP) is 4.85. The smallest absolute Gasteiger partial charge is 0.269 e. The van der Waals surface area contributed by atoms with E-state index in [9.17, 15) is 15.4 Å². The molecule has 0 bridgehead atoms. The molecule has 26 heavy (non-hydrogen) atoms. The lowest BCUT2D eigenvalue weighted by Gasteiger charge is -2.14. The fraction of sp³-hybridized carbons (Fsp3) is 0.250. The highest BCUT2D eigenvalue weighted by Gasteiger charge is 2.12. The second-order valence-corrected chi connectivity index (χ2v) is 5.43. The minimum atomic E-state index is -0.470. The van der Waals surface area contributed by atoms with Crippen molar-refractivity contribution in [3.63, 3.8) is 0 Å². The van der Waals surface area contributed by atoms with Gasteiger partial charge in [-0.25, -0.2) is 0 Å². The molecule has 2 aromatic carbocycles. The number of rotatable bonds is 8. The van der Waals surface area contributed by atoms with Gasteiger partial charge >= 0.3 is 0 Å². The third-order valence-corrected chi connectivity index (χ3v) is 3.57. The Labute approximate surface area is 152 Å². The van der Waals surface area contributed by atoms with Gasteiger partial charge in [0.25, 0.3) is 5.69 Å². The second-order valence-electron chi connectivity index (χ2n) is 5.43. The first-order valence-corrected chi connectivity index (χ1v) is 8.35. The van der Waals surface area contributed by atoms with Crippen molar-refractivity contribution in [2.24, 2.45) is 0 Å². The largest absolute Gasteiger partial charge is 0.490 e. The van der Waals surface area contributed by atoms with Crippen LogP contribution in [0.3, 0.4) is 0 Å². The summed E-state index contributed by atoms with van der Waals surface area (Å²) in [6, 6.07) is 13.5. The van der Waals surface area contributed by atoms with E-state index in [4.69, 9.17) is 9.47 Å². The summed E-state index contributed by atoms with van der Waals surface area (Å²) in [5.41, 5.74) is 1.69. The topological polar surface area (TPSA) is 85.4 Å². The number of hydrogen-bond donors (Lipinski definition) is 0. The van der Waals surface area contributed by atoms with Crippen LogP contribution in [0.25, 0.3) is 11.6 Å². The number of nitro benzene ring substituents is 1. The van der Waals surface area contributed by atoms with Gasteiger partial charge in [-0.05, 0) is 43.2 Å². The summed E-state index contributed by atoms with van der Waals surface area (Å²) in [6.45, 7) is 4.94. The van der Waals surface area contributed by atoms with E-state index in [1.54, 1.807) is 18.2 Å². The van der Waals surface area contributed by atoms with E-state index in [1.165, 1.54) is 12.1 Å². The summed E-state index contributed by atoms with van der Waals surface area (Å²) in [5, 5.41) is 20.3. The summed E-state index contributed by atoms with van der Waals surface area (Å²) in [4.78, 5) is 10.3. The standard InChI is InChI=1S/C20H20N2O4/c1-3-12-26-20-16(6-5-7-19(20)25-4-2)13-17(14-21)15-8-10-18(11-9-15)22(23)24/h5-11,13H,3-4,12H2,1-2H3. The molecule has 0 radical (unpaired) electrons. The van der Waals surface area contributed by atoms with Gasteiger partial charge in [0.05, 0.1) is 29.8 Å². The van der Waals surface area contributed by atoms with Gasteiger partial charge in [-0.3, -0.25) is 10.1 Å². The number of allylic oxidation sites excluding steroid dienone is 1. The van der Waals surface area contributed by atoms with Gasteiger partial charge < -0.3 is 9.47 Å². The first-order chi connectivity index (χ1) is 12.6. The molecule has 0 aliphatic heterocycles. The fourth-order valence-electron chi connectivity index (χ4n) is 2.37. The minimum absolute atomic E-state index is 0.0173. The zero-order valence-electron chi connectivity index (χ0n) is 14.8. The highest BCUT2D eigenvalue weighted by atomic mass is 16.6. The summed E-state index contributed by atoms with van der Waals surface area (Å²) in [5.74, 6) is 1.21. The lowest BCUT2D eigenvalue weighted by molar-refractivity contribution is -0.384. The van der Waals surface area contributed by atoms with Gasteiger partial charge in [-0.1, -0.05) is 19.1 Å². The maximum Gasteiger partial charge on any atom is 0.269 e. The third kappa shape index (κ3) is 4.61. The normalized spacial score (nSPS) is 10.9. The molecule has 0 heterocycles. The summed E-state index contributed by atoms with van der Waals surface area (Å²) in [6.07, 6.45) is 2.55. The molecular formula is C20H20N2O4. The number of nitro groups is 1.